The summed E-state index contributed by atoms with van der Waals surface area (Å²) in [6, 6.07) is 9.75. The Labute approximate surface area is 138 Å². The number of piperidine rings is 1. The van der Waals surface area contributed by atoms with Gasteiger partial charge in [-0.15, -0.1) is 0 Å². The van der Waals surface area contributed by atoms with Crippen LogP contribution in [0.25, 0.3) is 0 Å². The molecule has 23 heavy (non-hydrogen) atoms. The highest BCUT2D eigenvalue weighted by molar-refractivity contribution is 5.68. The standard InChI is InChI=1S/C18H28N2O3/c1-18(2,3)23-17(22)19-15-10-7-11-20(12-15)13-16(21)14-8-5-4-6-9-14/h4-6,8-9,15-16,21H,7,10-13H2,1-3H3,(H,19,22)/t15-,16?/m1/s1. The molecule has 2 atom stereocenters. The smallest absolute Gasteiger partial charge is 0.407 e. The average Bonchev–Trinajstić information content (AvgIpc) is 2.46. The van der Waals surface area contributed by atoms with Crippen LogP contribution in [0.3, 0.4) is 0 Å². The zero-order valence-corrected chi connectivity index (χ0v) is 14.3. The number of ether oxygens (including phenoxy) is 1. The van der Waals surface area contributed by atoms with Gasteiger partial charge in [0.25, 0.3) is 0 Å². The first kappa shape index (κ1) is 17.8. The topological polar surface area (TPSA) is 61.8 Å². The highest BCUT2D eigenvalue weighted by atomic mass is 16.6. The van der Waals surface area contributed by atoms with Gasteiger partial charge in [0.2, 0.25) is 0 Å². The first-order valence-electron chi connectivity index (χ1n) is 8.28. The Bertz CT molecular complexity index is 499. The van der Waals surface area contributed by atoms with Crippen molar-refractivity contribution in [1.29, 1.82) is 0 Å². The zero-order valence-electron chi connectivity index (χ0n) is 14.3. The lowest BCUT2D eigenvalue weighted by Gasteiger charge is -2.34. The Morgan fingerprint density at radius 1 is 1.39 bits per heavy atom. The number of aliphatic hydroxyl groups excluding tert-OH is 1. The second-order valence-corrected chi connectivity index (χ2v) is 7.17. The van der Waals surface area contributed by atoms with E-state index in [9.17, 15) is 9.90 Å². The van der Waals surface area contributed by atoms with Crippen molar-refractivity contribution < 1.29 is 14.6 Å². The number of carbonyl (C=O) groups excluding carboxylic acids is 1. The molecular formula is C18H28N2O3. The fraction of sp³-hybridized carbons (Fsp3) is 0.611. The second-order valence-electron chi connectivity index (χ2n) is 7.17. The SMILES string of the molecule is CC(C)(C)OC(=O)N[C@@H]1CCCN(CC(O)c2ccccc2)C1. The van der Waals surface area contributed by atoms with E-state index >= 15 is 0 Å². The van der Waals surface area contributed by atoms with Crippen LogP contribution < -0.4 is 5.32 Å². The van der Waals surface area contributed by atoms with Crippen LogP contribution >= 0.6 is 0 Å². The summed E-state index contributed by atoms with van der Waals surface area (Å²) in [6.07, 6.45) is 1.07. The van der Waals surface area contributed by atoms with Gasteiger partial charge in [0, 0.05) is 19.1 Å². The number of amides is 1. The van der Waals surface area contributed by atoms with Crippen LogP contribution in [0.15, 0.2) is 30.3 Å². The molecule has 5 heteroatoms. The molecule has 1 aromatic rings. The van der Waals surface area contributed by atoms with Crippen LogP contribution in [0.4, 0.5) is 4.79 Å². The van der Waals surface area contributed by atoms with Gasteiger partial charge in [-0.3, -0.25) is 4.90 Å². The number of carbonyl (C=O) groups is 1. The fourth-order valence-electron chi connectivity index (χ4n) is 2.84. The number of likely N-dealkylation sites (tertiary alicyclic amines) is 1. The van der Waals surface area contributed by atoms with Crippen molar-refractivity contribution in [3.63, 3.8) is 0 Å². The molecule has 0 spiro atoms. The summed E-state index contributed by atoms with van der Waals surface area (Å²) in [7, 11) is 0. The van der Waals surface area contributed by atoms with Gasteiger partial charge in [-0.25, -0.2) is 4.79 Å². The van der Waals surface area contributed by atoms with Crippen LogP contribution in [-0.2, 0) is 4.74 Å². The molecule has 5 nitrogen and oxygen atoms in total. The van der Waals surface area contributed by atoms with E-state index in [-0.39, 0.29) is 12.1 Å². The highest BCUT2D eigenvalue weighted by Crippen LogP contribution is 2.18. The number of β-amino-alcohol motifs (C(OH)–C–C–N with tert-alkyl or cyclic N) is 1. The maximum absolute atomic E-state index is 11.9. The molecule has 2 N–H and O–H groups in total. The van der Waals surface area contributed by atoms with Crippen LogP contribution in [0.2, 0.25) is 0 Å². The van der Waals surface area contributed by atoms with Gasteiger partial charge in [-0.2, -0.15) is 0 Å². The molecule has 1 unspecified atom stereocenters. The van der Waals surface area contributed by atoms with Gasteiger partial charge in [0.15, 0.2) is 0 Å². The predicted molar refractivity (Wildman–Crippen MR) is 90.2 cm³/mol. The van der Waals surface area contributed by atoms with Gasteiger partial charge < -0.3 is 15.2 Å². The summed E-state index contributed by atoms with van der Waals surface area (Å²) in [6.45, 7) is 7.83. The number of alkyl carbamates (subject to hydrolysis) is 1. The number of hydrogen-bond acceptors (Lipinski definition) is 4. The maximum atomic E-state index is 11.9. The molecule has 1 saturated heterocycles. The molecule has 0 aromatic heterocycles. The van der Waals surface area contributed by atoms with Crippen LogP contribution in [0.1, 0.15) is 45.3 Å². The summed E-state index contributed by atoms with van der Waals surface area (Å²) < 4.78 is 5.31. The number of nitrogens with one attached hydrogen (secondary N) is 1. The summed E-state index contributed by atoms with van der Waals surface area (Å²) in [5.74, 6) is 0. The predicted octanol–water partition coefficient (Wildman–Crippen LogP) is 2.71. The van der Waals surface area contributed by atoms with E-state index in [1.54, 1.807) is 0 Å². The number of aliphatic hydroxyl groups is 1. The Hall–Kier alpha value is -1.59. The second kappa shape index (κ2) is 7.79. The van der Waals surface area contributed by atoms with E-state index in [2.05, 4.69) is 10.2 Å². The van der Waals surface area contributed by atoms with E-state index in [1.165, 1.54) is 0 Å². The lowest BCUT2D eigenvalue weighted by molar-refractivity contribution is 0.0447. The van der Waals surface area contributed by atoms with Crippen LogP contribution in [0.5, 0.6) is 0 Å². The Morgan fingerprint density at radius 3 is 2.74 bits per heavy atom. The van der Waals surface area contributed by atoms with Gasteiger partial charge in [0.1, 0.15) is 5.60 Å². The molecule has 0 saturated carbocycles. The summed E-state index contributed by atoms with van der Waals surface area (Å²) in [5.41, 5.74) is 0.441. The molecule has 1 aliphatic rings. The Kier molecular flexibility index (Phi) is 6.02. The molecule has 1 aliphatic heterocycles. The molecule has 128 valence electrons. The van der Waals surface area contributed by atoms with Crippen molar-refractivity contribution in [1.82, 2.24) is 10.2 Å². The molecule has 1 heterocycles. The van der Waals surface area contributed by atoms with Crippen molar-refractivity contribution in [3.05, 3.63) is 35.9 Å². The molecule has 1 aromatic carbocycles. The maximum Gasteiger partial charge on any atom is 0.407 e. The number of nitrogens with zero attached hydrogens (tertiary/aromatic N) is 1. The molecule has 1 amide bonds. The Balaban J connectivity index is 1.82. The minimum absolute atomic E-state index is 0.0709. The van der Waals surface area contributed by atoms with E-state index in [0.29, 0.717) is 6.54 Å². The molecular weight excluding hydrogens is 292 g/mol. The van der Waals surface area contributed by atoms with Gasteiger partial charge in [0.05, 0.1) is 6.10 Å². The number of hydrogen-bond donors (Lipinski definition) is 2. The van der Waals surface area contributed by atoms with E-state index < -0.39 is 11.7 Å². The average molecular weight is 320 g/mol. The quantitative estimate of drug-likeness (QED) is 0.895. The first-order valence-corrected chi connectivity index (χ1v) is 8.28. The van der Waals surface area contributed by atoms with Crippen molar-refractivity contribution in [3.8, 4) is 0 Å². The fourth-order valence-corrected chi connectivity index (χ4v) is 2.84. The largest absolute Gasteiger partial charge is 0.444 e. The van der Waals surface area contributed by atoms with Gasteiger partial charge >= 0.3 is 6.09 Å². The third-order valence-corrected chi connectivity index (χ3v) is 3.84. The summed E-state index contributed by atoms with van der Waals surface area (Å²) in [5, 5.41) is 13.3. The molecule has 0 radical (unpaired) electrons. The first-order chi connectivity index (χ1) is 10.8. The highest BCUT2D eigenvalue weighted by Gasteiger charge is 2.25. The van der Waals surface area contributed by atoms with Gasteiger partial charge in [-0.05, 0) is 45.7 Å². The van der Waals surface area contributed by atoms with Gasteiger partial charge in [-0.1, -0.05) is 30.3 Å². The molecule has 1 fully saturated rings. The van der Waals surface area contributed by atoms with E-state index in [1.807, 2.05) is 51.1 Å². The van der Waals surface area contributed by atoms with Crippen LogP contribution in [0, 0.1) is 0 Å². The lowest BCUT2D eigenvalue weighted by atomic mass is 10.0. The third-order valence-electron chi connectivity index (χ3n) is 3.84. The van der Waals surface area contributed by atoms with E-state index in [4.69, 9.17) is 4.74 Å². The van der Waals surface area contributed by atoms with Crippen molar-refractivity contribution in [2.24, 2.45) is 0 Å². The molecule has 2 rings (SSSR count). The number of rotatable bonds is 4. The third kappa shape index (κ3) is 6.20. The van der Waals surface area contributed by atoms with Crippen molar-refractivity contribution in [2.75, 3.05) is 19.6 Å². The zero-order chi connectivity index (χ0) is 16.9. The van der Waals surface area contributed by atoms with Crippen molar-refractivity contribution >= 4 is 6.09 Å². The number of benzene rings is 1. The Morgan fingerprint density at radius 2 is 2.09 bits per heavy atom. The summed E-state index contributed by atoms with van der Waals surface area (Å²) >= 11 is 0. The van der Waals surface area contributed by atoms with E-state index in [0.717, 1.165) is 31.5 Å². The molecule has 0 bridgehead atoms. The lowest BCUT2D eigenvalue weighted by Crippen LogP contribution is -2.49. The monoisotopic (exact) mass is 320 g/mol. The minimum Gasteiger partial charge on any atom is -0.444 e. The summed E-state index contributed by atoms with van der Waals surface area (Å²) in [4.78, 5) is 14.1. The van der Waals surface area contributed by atoms with Crippen molar-refractivity contribution in [2.45, 2.75) is 51.4 Å². The van der Waals surface area contributed by atoms with Crippen LogP contribution in [-0.4, -0.2) is 47.4 Å². The minimum atomic E-state index is -0.503. The normalized spacial score (nSPS) is 20.8. The molecule has 0 aliphatic carbocycles.